The average molecular weight is 341 g/mol. The second kappa shape index (κ2) is 8.04. The zero-order valence-corrected chi connectivity index (χ0v) is 14.3. The van der Waals surface area contributed by atoms with Crippen molar-refractivity contribution >= 4 is 11.5 Å². The lowest BCUT2D eigenvalue weighted by atomic mass is 10.0. The zero-order valence-electron chi connectivity index (χ0n) is 14.3. The van der Waals surface area contributed by atoms with E-state index in [2.05, 4.69) is 51.4 Å². The molecule has 1 aliphatic rings. The van der Waals surface area contributed by atoms with Crippen LogP contribution in [-0.4, -0.2) is 59.5 Å². The molecule has 7 heteroatoms. The molecule has 0 amide bonds. The summed E-state index contributed by atoms with van der Waals surface area (Å²) in [7, 11) is 2.16. The van der Waals surface area contributed by atoms with Crippen molar-refractivity contribution in [1.29, 1.82) is 0 Å². The lowest BCUT2D eigenvalue weighted by Crippen LogP contribution is -2.48. The molecule has 0 spiro atoms. The first-order chi connectivity index (χ1) is 12.1. The van der Waals surface area contributed by atoms with Gasteiger partial charge in [0, 0.05) is 44.8 Å². The van der Waals surface area contributed by atoms with Crippen molar-refractivity contribution in [3.63, 3.8) is 0 Å². The molecule has 1 atom stereocenters. The number of likely N-dealkylation sites (N-methyl/N-ethyl adjacent to an activating group) is 1. The summed E-state index contributed by atoms with van der Waals surface area (Å²) in [6.45, 7) is 4.73. The minimum atomic E-state index is -0.439. The third-order valence-corrected chi connectivity index (χ3v) is 4.54. The number of nitro groups is 1. The Bertz CT molecular complexity index is 692. The highest BCUT2D eigenvalue weighted by Gasteiger charge is 2.25. The predicted octanol–water partition coefficient (Wildman–Crippen LogP) is 2.39. The molecule has 1 fully saturated rings. The summed E-state index contributed by atoms with van der Waals surface area (Å²) in [6.07, 6.45) is 1.28. The third-order valence-electron chi connectivity index (χ3n) is 4.54. The van der Waals surface area contributed by atoms with Crippen molar-refractivity contribution in [3.05, 3.63) is 64.3 Å². The normalized spacial score (nSPS) is 18.8. The molecule has 132 valence electrons. The summed E-state index contributed by atoms with van der Waals surface area (Å²) >= 11 is 0. The number of pyridine rings is 1. The van der Waals surface area contributed by atoms with Crippen molar-refractivity contribution in [3.8, 4) is 0 Å². The van der Waals surface area contributed by atoms with E-state index in [9.17, 15) is 10.1 Å². The first-order valence-corrected chi connectivity index (χ1v) is 8.45. The molecule has 0 saturated carbocycles. The van der Waals surface area contributed by atoms with Crippen molar-refractivity contribution in [2.24, 2.45) is 0 Å². The van der Waals surface area contributed by atoms with E-state index in [0.29, 0.717) is 11.9 Å². The Morgan fingerprint density at radius 1 is 1.24 bits per heavy atom. The SMILES string of the molecule is CN1CCN(CCNc2ccc([N+](=O)[O-])cn2)[C@@H](c2ccccc2)C1. The Morgan fingerprint density at radius 3 is 2.72 bits per heavy atom. The summed E-state index contributed by atoms with van der Waals surface area (Å²) in [5.74, 6) is 0.663. The van der Waals surface area contributed by atoms with E-state index < -0.39 is 4.92 Å². The standard InChI is InChI=1S/C18H23N5O2/c1-21-11-12-22(17(14-21)15-5-3-2-4-6-15)10-9-19-18-8-7-16(13-20-18)23(24)25/h2-8,13,17H,9-12,14H2,1H3,(H,19,20)/t17-/m1/s1. The van der Waals surface area contributed by atoms with E-state index >= 15 is 0 Å². The second-order valence-electron chi connectivity index (χ2n) is 6.31. The van der Waals surface area contributed by atoms with Crippen LogP contribution in [0.1, 0.15) is 11.6 Å². The number of benzene rings is 1. The Kier molecular flexibility index (Phi) is 5.57. The number of rotatable bonds is 6. The van der Waals surface area contributed by atoms with Gasteiger partial charge in [0.2, 0.25) is 0 Å². The molecule has 0 aliphatic carbocycles. The number of nitrogens with one attached hydrogen (secondary N) is 1. The van der Waals surface area contributed by atoms with Gasteiger partial charge in [-0.1, -0.05) is 30.3 Å². The van der Waals surface area contributed by atoms with Gasteiger partial charge in [-0.15, -0.1) is 0 Å². The maximum Gasteiger partial charge on any atom is 0.287 e. The van der Waals surface area contributed by atoms with Crippen molar-refractivity contribution in [1.82, 2.24) is 14.8 Å². The maximum atomic E-state index is 10.7. The molecule has 0 unspecified atom stereocenters. The fraction of sp³-hybridized carbons (Fsp3) is 0.389. The number of anilines is 1. The second-order valence-corrected chi connectivity index (χ2v) is 6.31. The molecule has 3 rings (SSSR count). The maximum absolute atomic E-state index is 10.7. The smallest absolute Gasteiger partial charge is 0.287 e. The molecule has 1 saturated heterocycles. The van der Waals surface area contributed by atoms with Crippen LogP contribution < -0.4 is 5.32 Å². The van der Waals surface area contributed by atoms with E-state index in [1.165, 1.54) is 17.8 Å². The minimum absolute atomic E-state index is 0.00811. The fourth-order valence-electron chi connectivity index (χ4n) is 3.14. The highest BCUT2D eigenvalue weighted by Crippen LogP contribution is 2.24. The van der Waals surface area contributed by atoms with Gasteiger partial charge < -0.3 is 10.2 Å². The molecule has 2 heterocycles. The van der Waals surface area contributed by atoms with Crippen LogP contribution in [0.3, 0.4) is 0 Å². The lowest BCUT2D eigenvalue weighted by Gasteiger charge is -2.40. The number of aromatic nitrogens is 1. The highest BCUT2D eigenvalue weighted by atomic mass is 16.6. The molecule has 25 heavy (non-hydrogen) atoms. The zero-order chi connectivity index (χ0) is 17.6. The molecule has 1 aliphatic heterocycles. The number of piperazine rings is 1. The van der Waals surface area contributed by atoms with Gasteiger partial charge in [0.05, 0.1) is 4.92 Å². The molecular weight excluding hydrogens is 318 g/mol. The molecule has 2 aromatic rings. The van der Waals surface area contributed by atoms with Crippen LogP contribution >= 0.6 is 0 Å². The monoisotopic (exact) mass is 341 g/mol. The van der Waals surface area contributed by atoms with Gasteiger partial charge in [-0.3, -0.25) is 15.0 Å². The van der Waals surface area contributed by atoms with Crippen LogP contribution in [-0.2, 0) is 0 Å². The minimum Gasteiger partial charge on any atom is -0.369 e. The Morgan fingerprint density at radius 2 is 2.04 bits per heavy atom. The van der Waals surface area contributed by atoms with Gasteiger partial charge in [0.1, 0.15) is 12.0 Å². The number of nitrogens with zero attached hydrogens (tertiary/aromatic N) is 4. The van der Waals surface area contributed by atoms with Crippen molar-refractivity contribution in [2.45, 2.75) is 6.04 Å². The summed E-state index contributed by atoms with van der Waals surface area (Å²) in [5, 5.41) is 13.9. The first-order valence-electron chi connectivity index (χ1n) is 8.45. The van der Waals surface area contributed by atoms with Gasteiger partial charge >= 0.3 is 0 Å². The predicted molar refractivity (Wildman–Crippen MR) is 97.6 cm³/mol. The molecule has 1 aromatic carbocycles. The van der Waals surface area contributed by atoms with Crippen molar-refractivity contribution in [2.75, 3.05) is 45.1 Å². The molecular formula is C18H23N5O2. The Hall–Kier alpha value is -2.51. The van der Waals surface area contributed by atoms with Crippen LogP contribution in [0, 0.1) is 10.1 Å². The van der Waals surface area contributed by atoms with Gasteiger partial charge in [0.25, 0.3) is 5.69 Å². The van der Waals surface area contributed by atoms with Crippen LogP contribution in [0.25, 0.3) is 0 Å². The Balaban J connectivity index is 1.58. The van der Waals surface area contributed by atoms with Crippen LogP contribution in [0.15, 0.2) is 48.7 Å². The number of hydrogen-bond acceptors (Lipinski definition) is 6. The van der Waals surface area contributed by atoms with E-state index in [1.54, 1.807) is 6.07 Å². The van der Waals surface area contributed by atoms with Gasteiger partial charge in [-0.25, -0.2) is 4.98 Å². The van der Waals surface area contributed by atoms with Gasteiger partial charge in [-0.2, -0.15) is 0 Å². The van der Waals surface area contributed by atoms with Gasteiger partial charge in [-0.05, 0) is 18.7 Å². The van der Waals surface area contributed by atoms with Crippen molar-refractivity contribution < 1.29 is 4.92 Å². The summed E-state index contributed by atoms with van der Waals surface area (Å²) in [5.41, 5.74) is 1.34. The Labute approximate surface area is 147 Å². The molecule has 1 aromatic heterocycles. The van der Waals surface area contributed by atoms with Crippen LogP contribution in [0.2, 0.25) is 0 Å². The average Bonchev–Trinajstić information content (AvgIpc) is 2.64. The summed E-state index contributed by atoms with van der Waals surface area (Å²) in [4.78, 5) is 19.2. The lowest BCUT2D eigenvalue weighted by molar-refractivity contribution is -0.385. The topological polar surface area (TPSA) is 74.5 Å². The molecule has 7 nitrogen and oxygen atoms in total. The van der Waals surface area contributed by atoms with E-state index in [4.69, 9.17) is 0 Å². The van der Waals surface area contributed by atoms with E-state index in [1.807, 2.05) is 6.07 Å². The summed E-state index contributed by atoms with van der Waals surface area (Å²) in [6, 6.07) is 14.1. The highest BCUT2D eigenvalue weighted by molar-refractivity contribution is 5.40. The number of hydrogen-bond donors (Lipinski definition) is 1. The summed E-state index contributed by atoms with van der Waals surface area (Å²) < 4.78 is 0. The first kappa shape index (κ1) is 17.3. The largest absolute Gasteiger partial charge is 0.369 e. The van der Waals surface area contributed by atoms with Crippen LogP contribution in [0.5, 0.6) is 0 Å². The van der Waals surface area contributed by atoms with E-state index in [0.717, 1.165) is 32.7 Å². The fourth-order valence-corrected chi connectivity index (χ4v) is 3.14. The molecule has 1 N–H and O–H groups in total. The van der Waals surface area contributed by atoms with Gasteiger partial charge in [0.15, 0.2) is 0 Å². The van der Waals surface area contributed by atoms with Crippen LogP contribution in [0.4, 0.5) is 11.5 Å². The molecule has 0 radical (unpaired) electrons. The van der Waals surface area contributed by atoms with E-state index in [-0.39, 0.29) is 5.69 Å². The quantitative estimate of drug-likeness (QED) is 0.642. The third kappa shape index (κ3) is 4.52. The molecule has 0 bridgehead atoms.